The third-order valence-corrected chi connectivity index (χ3v) is 6.25. The zero-order valence-corrected chi connectivity index (χ0v) is 16.2. The van der Waals surface area contributed by atoms with E-state index in [4.69, 9.17) is 0 Å². The molecule has 2 aliphatic heterocycles. The predicted octanol–water partition coefficient (Wildman–Crippen LogP) is 0.866. The van der Waals surface area contributed by atoms with Crippen LogP contribution in [0.15, 0.2) is 30.3 Å². The molecule has 4 rings (SSSR count). The van der Waals surface area contributed by atoms with Crippen LogP contribution in [0.5, 0.6) is 0 Å². The topological polar surface area (TPSA) is 90.5 Å². The largest absolute Gasteiger partial charge is 0.350 e. The fourth-order valence-electron chi connectivity index (χ4n) is 4.61. The SMILES string of the molecule is CC(=O)NC(C(=O)N1CCCC1C(=O)NC1CCNC12CC2)c1ccccc1. The fraction of sp³-hybridized carbons (Fsp3) is 0.571. The molecule has 150 valence electrons. The van der Waals surface area contributed by atoms with Gasteiger partial charge in [0.25, 0.3) is 0 Å². The lowest BCUT2D eigenvalue weighted by atomic mass is 10.0. The summed E-state index contributed by atoms with van der Waals surface area (Å²) in [5.41, 5.74) is 0.817. The molecule has 3 atom stereocenters. The summed E-state index contributed by atoms with van der Waals surface area (Å²) in [6, 6.07) is 8.11. The molecule has 1 spiro atoms. The normalized spacial score (nSPS) is 26.1. The van der Waals surface area contributed by atoms with Crippen molar-refractivity contribution in [2.75, 3.05) is 13.1 Å². The van der Waals surface area contributed by atoms with Crippen LogP contribution in [-0.4, -0.2) is 53.3 Å². The molecule has 3 aliphatic rings. The third kappa shape index (κ3) is 3.63. The standard InChI is InChI=1S/C21H28N4O3/c1-14(26)23-18(15-6-3-2-4-7-15)20(28)25-13-5-8-16(25)19(27)24-17-9-12-22-21(17)10-11-21/h2-4,6-7,16-18,22H,5,8-13H2,1H3,(H,23,26)(H,24,27). The van der Waals surface area contributed by atoms with Gasteiger partial charge in [0, 0.05) is 25.0 Å². The van der Waals surface area contributed by atoms with Gasteiger partial charge in [0.15, 0.2) is 0 Å². The van der Waals surface area contributed by atoms with Crippen LogP contribution in [0.2, 0.25) is 0 Å². The Morgan fingerprint density at radius 1 is 1.18 bits per heavy atom. The number of carbonyl (C=O) groups excluding carboxylic acids is 3. The molecule has 1 aromatic rings. The Morgan fingerprint density at radius 3 is 2.61 bits per heavy atom. The molecule has 0 bridgehead atoms. The van der Waals surface area contributed by atoms with Gasteiger partial charge in [-0.1, -0.05) is 30.3 Å². The molecule has 3 N–H and O–H groups in total. The molecule has 0 aromatic heterocycles. The lowest BCUT2D eigenvalue weighted by Gasteiger charge is -2.30. The maximum absolute atomic E-state index is 13.3. The minimum Gasteiger partial charge on any atom is -0.350 e. The van der Waals surface area contributed by atoms with Crippen molar-refractivity contribution in [2.24, 2.45) is 0 Å². The van der Waals surface area contributed by atoms with E-state index in [2.05, 4.69) is 16.0 Å². The van der Waals surface area contributed by atoms with E-state index in [9.17, 15) is 14.4 Å². The minimum atomic E-state index is -0.768. The smallest absolute Gasteiger partial charge is 0.250 e. The molecule has 7 heteroatoms. The molecule has 1 saturated carbocycles. The first kappa shape index (κ1) is 18.9. The second kappa shape index (κ2) is 7.54. The van der Waals surface area contributed by atoms with Gasteiger partial charge in [-0.05, 0) is 44.2 Å². The lowest BCUT2D eigenvalue weighted by Crippen LogP contribution is -2.54. The Kier molecular flexibility index (Phi) is 5.10. The van der Waals surface area contributed by atoms with E-state index in [0.717, 1.165) is 37.8 Å². The molecular weight excluding hydrogens is 356 g/mol. The van der Waals surface area contributed by atoms with E-state index >= 15 is 0 Å². The Labute approximate surface area is 165 Å². The molecule has 0 radical (unpaired) electrons. The number of hydrogen-bond acceptors (Lipinski definition) is 4. The van der Waals surface area contributed by atoms with Crippen LogP contribution in [0, 0.1) is 0 Å². The van der Waals surface area contributed by atoms with Gasteiger partial charge >= 0.3 is 0 Å². The monoisotopic (exact) mass is 384 g/mol. The van der Waals surface area contributed by atoms with Crippen molar-refractivity contribution in [3.8, 4) is 0 Å². The van der Waals surface area contributed by atoms with E-state index in [1.807, 2.05) is 30.3 Å². The van der Waals surface area contributed by atoms with Crippen LogP contribution >= 0.6 is 0 Å². The van der Waals surface area contributed by atoms with Crippen molar-refractivity contribution in [2.45, 2.75) is 62.7 Å². The van der Waals surface area contributed by atoms with Gasteiger partial charge < -0.3 is 20.9 Å². The maximum atomic E-state index is 13.3. The highest BCUT2D eigenvalue weighted by atomic mass is 16.2. The van der Waals surface area contributed by atoms with Crippen molar-refractivity contribution < 1.29 is 14.4 Å². The Bertz CT molecular complexity index is 762. The van der Waals surface area contributed by atoms with Crippen LogP contribution in [0.3, 0.4) is 0 Å². The molecule has 1 aromatic carbocycles. The van der Waals surface area contributed by atoms with Gasteiger partial charge in [-0.2, -0.15) is 0 Å². The molecule has 3 amide bonds. The van der Waals surface area contributed by atoms with Crippen molar-refractivity contribution in [1.82, 2.24) is 20.9 Å². The van der Waals surface area contributed by atoms with Crippen molar-refractivity contribution in [3.63, 3.8) is 0 Å². The van der Waals surface area contributed by atoms with E-state index in [0.29, 0.717) is 13.0 Å². The lowest BCUT2D eigenvalue weighted by molar-refractivity contribution is -0.141. The molecule has 2 heterocycles. The second-order valence-corrected chi connectivity index (χ2v) is 8.17. The average molecular weight is 384 g/mol. The first-order chi connectivity index (χ1) is 13.5. The van der Waals surface area contributed by atoms with Crippen LogP contribution in [0.1, 0.15) is 50.6 Å². The quantitative estimate of drug-likeness (QED) is 0.703. The van der Waals surface area contributed by atoms with Crippen LogP contribution in [-0.2, 0) is 14.4 Å². The minimum absolute atomic E-state index is 0.0690. The highest BCUT2D eigenvalue weighted by Crippen LogP contribution is 2.43. The van der Waals surface area contributed by atoms with Gasteiger partial charge in [0.2, 0.25) is 17.7 Å². The summed E-state index contributed by atoms with van der Waals surface area (Å²) >= 11 is 0. The van der Waals surface area contributed by atoms with Crippen molar-refractivity contribution in [3.05, 3.63) is 35.9 Å². The van der Waals surface area contributed by atoms with Crippen molar-refractivity contribution in [1.29, 1.82) is 0 Å². The number of rotatable bonds is 5. The van der Waals surface area contributed by atoms with E-state index in [1.165, 1.54) is 6.92 Å². The zero-order chi connectivity index (χ0) is 19.7. The van der Waals surface area contributed by atoms with Crippen molar-refractivity contribution >= 4 is 17.7 Å². The van der Waals surface area contributed by atoms with E-state index < -0.39 is 12.1 Å². The Hall–Kier alpha value is -2.41. The summed E-state index contributed by atoms with van der Waals surface area (Å²) in [6.07, 6.45) is 4.59. The Balaban J connectivity index is 1.48. The van der Waals surface area contributed by atoms with Gasteiger partial charge in [-0.3, -0.25) is 14.4 Å². The summed E-state index contributed by atoms with van der Waals surface area (Å²) in [5.74, 6) is -0.555. The molecule has 1 aliphatic carbocycles. The molecule has 28 heavy (non-hydrogen) atoms. The number of benzene rings is 1. The first-order valence-electron chi connectivity index (χ1n) is 10.2. The van der Waals surface area contributed by atoms with Crippen LogP contribution in [0.4, 0.5) is 0 Å². The van der Waals surface area contributed by atoms with Crippen LogP contribution < -0.4 is 16.0 Å². The van der Waals surface area contributed by atoms with E-state index in [-0.39, 0.29) is 29.3 Å². The number of hydrogen-bond donors (Lipinski definition) is 3. The molecule has 7 nitrogen and oxygen atoms in total. The fourth-order valence-corrected chi connectivity index (χ4v) is 4.61. The molecular formula is C21H28N4O3. The number of likely N-dealkylation sites (tertiary alicyclic amines) is 1. The van der Waals surface area contributed by atoms with Gasteiger partial charge in [-0.25, -0.2) is 0 Å². The maximum Gasteiger partial charge on any atom is 0.250 e. The average Bonchev–Trinajstić information content (AvgIpc) is 3.12. The second-order valence-electron chi connectivity index (χ2n) is 8.17. The number of nitrogens with zero attached hydrogens (tertiary/aromatic N) is 1. The highest BCUT2D eigenvalue weighted by molar-refractivity contribution is 5.93. The first-order valence-corrected chi connectivity index (χ1v) is 10.2. The van der Waals surface area contributed by atoms with Gasteiger partial charge in [-0.15, -0.1) is 0 Å². The van der Waals surface area contributed by atoms with Crippen LogP contribution in [0.25, 0.3) is 0 Å². The summed E-state index contributed by atoms with van der Waals surface area (Å²) < 4.78 is 0. The summed E-state index contributed by atoms with van der Waals surface area (Å²) in [4.78, 5) is 39.6. The summed E-state index contributed by atoms with van der Waals surface area (Å²) in [6.45, 7) is 2.87. The molecule has 3 fully saturated rings. The number of amides is 3. The summed E-state index contributed by atoms with van der Waals surface area (Å²) in [7, 11) is 0. The molecule has 3 unspecified atom stereocenters. The predicted molar refractivity (Wildman–Crippen MR) is 104 cm³/mol. The third-order valence-electron chi connectivity index (χ3n) is 6.25. The van der Waals surface area contributed by atoms with E-state index in [1.54, 1.807) is 4.90 Å². The number of carbonyl (C=O) groups is 3. The molecule has 2 saturated heterocycles. The number of nitrogens with one attached hydrogen (secondary N) is 3. The Morgan fingerprint density at radius 2 is 1.93 bits per heavy atom. The highest BCUT2D eigenvalue weighted by Gasteiger charge is 2.53. The summed E-state index contributed by atoms with van der Waals surface area (Å²) in [5, 5.41) is 9.46. The van der Waals surface area contributed by atoms with Gasteiger partial charge in [0.1, 0.15) is 12.1 Å². The van der Waals surface area contributed by atoms with Gasteiger partial charge in [0.05, 0.1) is 0 Å². The zero-order valence-electron chi connectivity index (χ0n) is 16.2.